The van der Waals surface area contributed by atoms with E-state index >= 15 is 0 Å². The molecule has 0 atom stereocenters. The Morgan fingerprint density at radius 2 is 1.64 bits per heavy atom. The second kappa shape index (κ2) is 7.83. The van der Waals surface area contributed by atoms with Crippen molar-refractivity contribution in [3.63, 3.8) is 0 Å². The number of anilines is 1. The number of urea groups is 1. The van der Waals surface area contributed by atoms with Gasteiger partial charge in [0, 0.05) is 17.8 Å². The number of carbonyl (C=O) groups excluding carboxylic acids is 2. The molecule has 0 fully saturated rings. The second-order valence-electron chi connectivity index (χ2n) is 4.91. The predicted molar refractivity (Wildman–Crippen MR) is 86.7 cm³/mol. The van der Waals surface area contributed by atoms with E-state index in [0.717, 1.165) is 12.8 Å². The predicted octanol–water partition coefficient (Wildman–Crippen LogP) is 2.54. The van der Waals surface area contributed by atoms with Gasteiger partial charge in [0.2, 0.25) is 0 Å². The molecule has 0 aliphatic carbocycles. The minimum atomic E-state index is -0.627. The minimum Gasteiger partial charge on any atom is -0.352 e. The van der Waals surface area contributed by atoms with Crippen LogP contribution in [-0.4, -0.2) is 18.5 Å². The molecule has 0 aliphatic heterocycles. The molecule has 114 valence electrons. The van der Waals surface area contributed by atoms with Gasteiger partial charge in [-0.3, -0.25) is 4.79 Å². The summed E-state index contributed by atoms with van der Waals surface area (Å²) in [6, 6.07) is 16.1. The highest BCUT2D eigenvalue weighted by molar-refractivity contribution is 5.95. The van der Waals surface area contributed by atoms with Gasteiger partial charge in [-0.15, -0.1) is 0 Å². The molecular weight excluding hydrogens is 278 g/mol. The van der Waals surface area contributed by atoms with Crippen LogP contribution in [0.1, 0.15) is 22.3 Å². The fourth-order valence-corrected chi connectivity index (χ4v) is 2.09. The molecule has 0 bridgehead atoms. The van der Waals surface area contributed by atoms with Gasteiger partial charge in [-0.05, 0) is 42.7 Å². The lowest BCUT2D eigenvalue weighted by atomic mass is 10.1. The maximum atomic E-state index is 12.0. The summed E-state index contributed by atoms with van der Waals surface area (Å²) in [7, 11) is 0. The van der Waals surface area contributed by atoms with Crippen LogP contribution in [0.4, 0.5) is 10.5 Å². The molecule has 5 heteroatoms. The monoisotopic (exact) mass is 297 g/mol. The molecule has 4 N–H and O–H groups in total. The first-order valence-corrected chi connectivity index (χ1v) is 7.14. The summed E-state index contributed by atoms with van der Waals surface area (Å²) in [6.07, 6.45) is 1.82. The molecule has 3 amide bonds. The average molecular weight is 297 g/mol. The third kappa shape index (κ3) is 4.94. The highest BCUT2D eigenvalue weighted by atomic mass is 16.2. The van der Waals surface area contributed by atoms with Crippen LogP contribution in [0.5, 0.6) is 0 Å². The summed E-state index contributed by atoms with van der Waals surface area (Å²) >= 11 is 0. The van der Waals surface area contributed by atoms with Crippen LogP contribution in [0.3, 0.4) is 0 Å². The van der Waals surface area contributed by atoms with Crippen LogP contribution in [0.15, 0.2) is 54.6 Å². The van der Waals surface area contributed by atoms with Crippen molar-refractivity contribution in [1.82, 2.24) is 5.32 Å². The highest BCUT2D eigenvalue weighted by Crippen LogP contribution is 2.09. The van der Waals surface area contributed by atoms with Gasteiger partial charge in [0.05, 0.1) is 0 Å². The van der Waals surface area contributed by atoms with Crippen LogP contribution in [0.2, 0.25) is 0 Å². The maximum Gasteiger partial charge on any atom is 0.316 e. The number of hydrogen-bond donors (Lipinski definition) is 3. The van der Waals surface area contributed by atoms with Gasteiger partial charge >= 0.3 is 6.03 Å². The Bertz CT molecular complexity index is 624. The van der Waals surface area contributed by atoms with Gasteiger partial charge in [-0.2, -0.15) is 0 Å². The first-order chi connectivity index (χ1) is 10.6. The second-order valence-corrected chi connectivity index (χ2v) is 4.91. The lowest BCUT2D eigenvalue weighted by molar-refractivity contribution is 0.0953. The van der Waals surface area contributed by atoms with E-state index in [1.54, 1.807) is 24.3 Å². The van der Waals surface area contributed by atoms with Crippen molar-refractivity contribution in [1.29, 1.82) is 0 Å². The molecule has 22 heavy (non-hydrogen) atoms. The largest absolute Gasteiger partial charge is 0.352 e. The van der Waals surface area contributed by atoms with Gasteiger partial charge < -0.3 is 16.4 Å². The quantitative estimate of drug-likeness (QED) is 0.716. The lowest BCUT2D eigenvalue weighted by Crippen LogP contribution is -2.25. The Labute approximate surface area is 129 Å². The molecule has 0 unspecified atom stereocenters. The normalized spacial score (nSPS) is 10.0. The number of benzene rings is 2. The van der Waals surface area contributed by atoms with E-state index in [9.17, 15) is 9.59 Å². The maximum absolute atomic E-state index is 12.0. The molecule has 2 aromatic rings. The Morgan fingerprint density at radius 1 is 0.955 bits per heavy atom. The number of carbonyl (C=O) groups is 2. The number of nitrogens with one attached hydrogen (secondary N) is 2. The Morgan fingerprint density at radius 3 is 2.27 bits per heavy atom. The van der Waals surface area contributed by atoms with Crippen molar-refractivity contribution in [2.75, 3.05) is 11.9 Å². The van der Waals surface area contributed by atoms with E-state index in [-0.39, 0.29) is 5.91 Å². The van der Waals surface area contributed by atoms with Crippen molar-refractivity contribution >= 4 is 17.6 Å². The molecule has 0 spiro atoms. The zero-order valence-electron chi connectivity index (χ0n) is 12.2. The highest BCUT2D eigenvalue weighted by Gasteiger charge is 2.05. The summed E-state index contributed by atoms with van der Waals surface area (Å²) in [5.74, 6) is -0.126. The van der Waals surface area contributed by atoms with Crippen molar-refractivity contribution in [3.8, 4) is 0 Å². The molecule has 0 aliphatic rings. The Balaban J connectivity index is 1.76. The van der Waals surface area contributed by atoms with Crippen LogP contribution in [-0.2, 0) is 6.42 Å². The first kappa shape index (κ1) is 15.6. The van der Waals surface area contributed by atoms with E-state index < -0.39 is 6.03 Å². The number of nitrogens with two attached hydrogens (primary N) is 1. The molecule has 5 nitrogen and oxygen atoms in total. The molecule has 0 aromatic heterocycles. The molecule has 2 rings (SSSR count). The van der Waals surface area contributed by atoms with E-state index in [2.05, 4.69) is 22.8 Å². The number of amides is 3. The molecule has 0 radical (unpaired) electrons. The van der Waals surface area contributed by atoms with Crippen LogP contribution in [0.25, 0.3) is 0 Å². The molecule has 0 saturated carbocycles. The average Bonchev–Trinajstić information content (AvgIpc) is 2.52. The zero-order valence-corrected chi connectivity index (χ0v) is 12.2. The van der Waals surface area contributed by atoms with Crippen molar-refractivity contribution in [2.45, 2.75) is 12.8 Å². The molecular formula is C17H19N3O2. The Kier molecular flexibility index (Phi) is 5.54. The number of primary amides is 1. The summed E-state index contributed by atoms with van der Waals surface area (Å²) in [4.78, 5) is 22.7. The Hall–Kier alpha value is -2.82. The van der Waals surface area contributed by atoms with E-state index in [0.29, 0.717) is 17.8 Å². The smallest absolute Gasteiger partial charge is 0.316 e. The SMILES string of the molecule is NC(=O)Nc1ccc(C(=O)NCCCc2ccccc2)cc1. The zero-order chi connectivity index (χ0) is 15.8. The van der Waals surface area contributed by atoms with Gasteiger partial charge in [0.1, 0.15) is 0 Å². The van der Waals surface area contributed by atoms with Gasteiger partial charge in [-0.25, -0.2) is 4.79 Å². The van der Waals surface area contributed by atoms with Crippen molar-refractivity contribution in [3.05, 3.63) is 65.7 Å². The standard InChI is InChI=1S/C17H19N3O2/c18-17(22)20-15-10-8-14(9-11-15)16(21)19-12-4-7-13-5-2-1-3-6-13/h1-3,5-6,8-11H,4,7,12H2,(H,19,21)(H3,18,20,22). The van der Waals surface area contributed by atoms with E-state index in [1.807, 2.05) is 18.2 Å². The van der Waals surface area contributed by atoms with Crippen LogP contribution < -0.4 is 16.4 Å². The summed E-state index contributed by atoms with van der Waals surface area (Å²) in [5, 5.41) is 5.33. The fraction of sp³-hybridized carbons (Fsp3) is 0.176. The number of rotatable bonds is 6. The lowest BCUT2D eigenvalue weighted by Gasteiger charge is -2.07. The topological polar surface area (TPSA) is 84.2 Å². The van der Waals surface area contributed by atoms with Crippen molar-refractivity contribution in [2.24, 2.45) is 5.73 Å². The summed E-state index contributed by atoms with van der Waals surface area (Å²) in [6.45, 7) is 0.620. The fourth-order valence-electron chi connectivity index (χ4n) is 2.09. The van der Waals surface area contributed by atoms with Gasteiger partial charge in [-0.1, -0.05) is 30.3 Å². The molecule has 2 aromatic carbocycles. The number of hydrogen-bond acceptors (Lipinski definition) is 2. The van der Waals surface area contributed by atoms with Crippen LogP contribution >= 0.6 is 0 Å². The molecule has 0 heterocycles. The van der Waals surface area contributed by atoms with Gasteiger partial charge in [0.15, 0.2) is 0 Å². The van der Waals surface area contributed by atoms with Gasteiger partial charge in [0.25, 0.3) is 5.91 Å². The van der Waals surface area contributed by atoms with E-state index in [1.165, 1.54) is 5.56 Å². The number of aryl methyl sites for hydroxylation is 1. The van der Waals surface area contributed by atoms with Crippen LogP contribution in [0, 0.1) is 0 Å². The summed E-state index contributed by atoms with van der Waals surface area (Å²) < 4.78 is 0. The van der Waals surface area contributed by atoms with Crippen molar-refractivity contribution < 1.29 is 9.59 Å². The molecule has 0 saturated heterocycles. The van der Waals surface area contributed by atoms with E-state index in [4.69, 9.17) is 5.73 Å². The third-order valence-corrected chi connectivity index (χ3v) is 3.19. The third-order valence-electron chi connectivity index (χ3n) is 3.19. The first-order valence-electron chi connectivity index (χ1n) is 7.14. The summed E-state index contributed by atoms with van der Waals surface area (Å²) in [5.41, 5.74) is 7.40. The minimum absolute atomic E-state index is 0.126.